The Hall–Kier alpha value is -1.67. The predicted molar refractivity (Wildman–Crippen MR) is 75.4 cm³/mol. The minimum absolute atomic E-state index is 0.353. The summed E-state index contributed by atoms with van der Waals surface area (Å²) in [6.45, 7) is 7.22. The summed E-state index contributed by atoms with van der Waals surface area (Å²) in [6, 6.07) is 11.2. The lowest BCUT2D eigenvalue weighted by Gasteiger charge is -2.14. The highest BCUT2D eigenvalue weighted by molar-refractivity contribution is 5.24. The SMILES string of the molecule is Cc1ccc([C@H](C)NCc2cncc(C)c2)cc1. The molecule has 0 radical (unpaired) electrons. The van der Waals surface area contributed by atoms with Crippen LogP contribution in [0.3, 0.4) is 0 Å². The van der Waals surface area contributed by atoms with Crippen LogP contribution in [0.2, 0.25) is 0 Å². The molecule has 2 rings (SSSR count). The molecule has 0 bridgehead atoms. The fraction of sp³-hybridized carbons (Fsp3) is 0.312. The summed E-state index contributed by atoms with van der Waals surface area (Å²) in [7, 11) is 0. The van der Waals surface area contributed by atoms with Crippen LogP contribution in [0.4, 0.5) is 0 Å². The topological polar surface area (TPSA) is 24.9 Å². The van der Waals surface area contributed by atoms with Crippen molar-refractivity contribution in [1.82, 2.24) is 10.3 Å². The summed E-state index contributed by atoms with van der Waals surface area (Å²) in [5, 5.41) is 3.52. The monoisotopic (exact) mass is 240 g/mol. The highest BCUT2D eigenvalue weighted by atomic mass is 14.9. The van der Waals surface area contributed by atoms with Gasteiger partial charge in [-0.2, -0.15) is 0 Å². The molecule has 0 saturated carbocycles. The second kappa shape index (κ2) is 5.78. The first-order chi connectivity index (χ1) is 8.65. The minimum atomic E-state index is 0.353. The molecule has 1 aromatic carbocycles. The normalized spacial score (nSPS) is 12.4. The van der Waals surface area contributed by atoms with Gasteiger partial charge in [-0.15, -0.1) is 0 Å². The van der Waals surface area contributed by atoms with Crippen molar-refractivity contribution in [1.29, 1.82) is 0 Å². The summed E-state index contributed by atoms with van der Waals surface area (Å²) < 4.78 is 0. The molecule has 0 aliphatic carbocycles. The maximum Gasteiger partial charge on any atom is 0.0313 e. The van der Waals surface area contributed by atoms with E-state index < -0.39 is 0 Å². The second-order valence-electron chi connectivity index (χ2n) is 4.88. The molecule has 0 fully saturated rings. The summed E-state index contributed by atoms with van der Waals surface area (Å²) >= 11 is 0. The van der Waals surface area contributed by atoms with Crippen LogP contribution in [0.25, 0.3) is 0 Å². The number of hydrogen-bond donors (Lipinski definition) is 1. The molecule has 1 N–H and O–H groups in total. The van der Waals surface area contributed by atoms with Gasteiger partial charge >= 0.3 is 0 Å². The third-order valence-corrected chi connectivity index (χ3v) is 3.12. The van der Waals surface area contributed by atoms with Crippen LogP contribution in [0.5, 0.6) is 0 Å². The van der Waals surface area contributed by atoms with Gasteiger partial charge in [0.15, 0.2) is 0 Å². The Balaban J connectivity index is 1.96. The van der Waals surface area contributed by atoms with Gasteiger partial charge in [-0.1, -0.05) is 35.9 Å². The lowest BCUT2D eigenvalue weighted by Crippen LogP contribution is -2.18. The van der Waals surface area contributed by atoms with E-state index in [9.17, 15) is 0 Å². The van der Waals surface area contributed by atoms with E-state index in [0.29, 0.717) is 6.04 Å². The van der Waals surface area contributed by atoms with Gasteiger partial charge in [-0.05, 0) is 37.5 Å². The average molecular weight is 240 g/mol. The number of pyridine rings is 1. The molecule has 94 valence electrons. The number of benzene rings is 1. The van der Waals surface area contributed by atoms with Gasteiger partial charge in [0.05, 0.1) is 0 Å². The molecule has 1 atom stereocenters. The molecule has 0 aliphatic rings. The quantitative estimate of drug-likeness (QED) is 0.884. The van der Waals surface area contributed by atoms with Crippen molar-refractivity contribution in [3.8, 4) is 0 Å². The third-order valence-electron chi connectivity index (χ3n) is 3.12. The van der Waals surface area contributed by atoms with Crippen molar-refractivity contribution in [3.05, 3.63) is 65.0 Å². The van der Waals surface area contributed by atoms with Crippen molar-refractivity contribution < 1.29 is 0 Å². The van der Waals surface area contributed by atoms with E-state index in [1.54, 1.807) is 0 Å². The second-order valence-corrected chi connectivity index (χ2v) is 4.88. The average Bonchev–Trinajstić information content (AvgIpc) is 2.37. The first kappa shape index (κ1) is 12.8. The number of aryl methyl sites for hydroxylation is 2. The highest BCUT2D eigenvalue weighted by Gasteiger charge is 2.04. The Morgan fingerprint density at radius 2 is 1.78 bits per heavy atom. The predicted octanol–water partition coefficient (Wildman–Crippen LogP) is 3.55. The Kier molecular flexibility index (Phi) is 4.11. The third kappa shape index (κ3) is 3.41. The molecule has 1 heterocycles. The molecule has 2 heteroatoms. The summed E-state index contributed by atoms with van der Waals surface area (Å²) in [4.78, 5) is 4.21. The van der Waals surface area contributed by atoms with Gasteiger partial charge in [0.25, 0.3) is 0 Å². The zero-order valence-corrected chi connectivity index (χ0v) is 11.3. The van der Waals surface area contributed by atoms with Crippen molar-refractivity contribution in [3.63, 3.8) is 0 Å². The van der Waals surface area contributed by atoms with Crippen LogP contribution < -0.4 is 5.32 Å². The Morgan fingerprint density at radius 3 is 2.44 bits per heavy atom. The van der Waals surface area contributed by atoms with Crippen LogP contribution in [0.1, 0.15) is 35.2 Å². The Bertz CT molecular complexity index is 503. The van der Waals surface area contributed by atoms with E-state index >= 15 is 0 Å². The van der Waals surface area contributed by atoms with E-state index in [-0.39, 0.29) is 0 Å². The number of nitrogens with zero attached hydrogens (tertiary/aromatic N) is 1. The summed E-state index contributed by atoms with van der Waals surface area (Å²) in [6.07, 6.45) is 3.80. The van der Waals surface area contributed by atoms with E-state index in [2.05, 4.69) is 61.4 Å². The lowest BCUT2D eigenvalue weighted by atomic mass is 10.1. The van der Waals surface area contributed by atoms with E-state index in [1.807, 2.05) is 12.4 Å². The van der Waals surface area contributed by atoms with Gasteiger partial charge in [0, 0.05) is 25.0 Å². The first-order valence-corrected chi connectivity index (χ1v) is 6.35. The molecule has 2 aromatic rings. The maximum absolute atomic E-state index is 4.21. The van der Waals surface area contributed by atoms with Gasteiger partial charge in [0.2, 0.25) is 0 Å². The van der Waals surface area contributed by atoms with Crippen LogP contribution >= 0.6 is 0 Å². The van der Waals surface area contributed by atoms with Crippen molar-refractivity contribution >= 4 is 0 Å². The van der Waals surface area contributed by atoms with E-state index in [0.717, 1.165) is 6.54 Å². The van der Waals surface area contributed by atoms with Crippen LogP contribution in [0.15, 0.2) is 42.7 Å². The molecule has 18 heavy (non-hydrogen) atoms. The number of rotatable bonds is 4. The minimum Gasteiger partial charge on any atom is -0.306 e. The van der Waals surface area contributed by atoms with Crippen LogP contribution in [-0.2, 0) is 6.54 Å². The Morgan fingerprint density at radius 1 is 1.06 bits per heavy atom. The lowest BCUT2D eigenvalue weighted by molar-refractivity contribution is 0.573. The van der Waals surface area contributed by atoms with Gasteiger partial charge in [-0.25, -0.2) is 0 Å². The largest absolute Gasteiger partial charge is 0.306 e. The summed E-state index contributed by atoms with van der Waals surface area (Å²) in [5.74, 6) is 0. The summed E-state index contributed by atoms with van der Waals surface area (Å²) in [5.41, 5.74) is 5.06. The van der Waals surface area contributed by atoms with Gasteiger partial charge < -0.3 is 5.32 Å². The van der Waals surface area contributed by atoms with E-state index in [1.165, 1.54) is 22.3 Å². The van der Waals surface area contributed by atoms with Crippen LogP contribution in [0, 0.1) is 13.8 Å². The molecular weight excluding hydrogens is 220 g/mol. The van der Waals surface area contributed by atoms with Crippen molar-refractivity contribution in [2.45, 2.75) is 33.4 Å². The zero-order valence-electron chi connectivity index (χ0n) is 11.3. The molecule has 2 nitrogen and oxygen atoms in total. The molecule has 0 spiro atoms. The smallest absolute Gasteiger partial charge is 0.0313 e. The first-order valence-electron chi connectivity index (χ1n) is 6.35. The van der Waals surface area contributed by atoms with Gasteiger partial charge in [-0.3, -0.25) is 4.98 Å². The fourth-order valence-corrected chi connectivity index (χ4v) is 1.96. The van der Waals surface area contributed by atoms with E-state index in [4.69, 9.17) is 0 Å². The maximum atomic E-state index is 4.21. The fourth-order valence-electron chi connectivity index (χ4n) is 1.96. The van der Waals surface area contributed by atoms with Gasteiger partial charge in [0.1, 0.15) is 0 Å². The molecular formula is C16H20N2. The Labute approximate surface area is 109 Å². The molecule has 1 aromatic heterocycles. The molecule has 0 amide bonds. The van der Waals surface area contributed by atoms with Crippen molar-refractivity contribution in [2.24, 2.45) is 0 Å². The number of nitrogens with one attached hydrogen (secondary N) is 1. The number of aromatic nitrogens is 1. The highest BCUT2D eigenvalue weighted by Crippen LogP contribution is 2.13. The molecule has 0 aliphatic heterocycles. The molecule has 0 saturated heterocycles. The van der Waals surface area contributed by atoms with Crippen molar-refractivity contribution in [2.75, 3.05) is 0 Å². The number of hydrogen-bond acceptors (Lipinski definition) is 2. The van der Waals surface area contributed by atoms with Crippen LogP contribution in [-0.4, -0.2) is 4.98 Å². The zero-order chi connectivity index (χ0) is 13.0. The standard InChI is InChI=1S/C16H20N2/c1-12-4-6-16(7-5-12)14(3)18-11-15-8-13(2)9-17-10-15/h4-10,14,18H,11H2,1-3H3/t14-/m0/s1. The molecule has 0 unspecified atom stereocenters.